The number of nitrogens with zero attached hydrogens (tertiary/aromatic N) is 2. The van der Waals surface area contributed by atoms with Crippen LogP contribution in [0.25, 0.3) is 10.6 Å². The fraction of sp³-hybridized carbons (Fsp3) is 0.400. The van der Waals surface area contributed by atoms with E-state index in [4.69, 9.17) is 4.74 Å². The maximum absolute atomic E-state index is 12.0. The van der Waals surface area contributed by atoms with Crippen molar-refractivity contribution in [3.63, 3.8) is 0 Å². The standard InChI is InChI=1S/C15H19N3O2S/c1-4-10(5-2)13(19)16-15-18-17-14(21-15)11-6-8-12(20-3)9-7-11/h6-10H,4-5H2,1-3H3,(H,16,18,19). The highest BCUT2D eigenvalue weighted by Gasteiger charge is 2.16. The van der Waals surface area contributed by atoms with E-state index in [1.807, 2.05) is 38.1 Å². The van der Waals surface area contributed by atoms with Gasteiger partial charge in [-0.15, -0.1) is 10.2 Å². The number of anilines is 1. The fourth-order valence-corrected chi connectivity index (χ4v) is 2.74. The number of benzene rings is 1. The lowest BCUT2D eigenvalue weighted by molar-refractivity contribution is -0.120. The summed E-state index contributed by atoms with van der Waals surface area (Å²) in [4.78, 5) is 12.0. The molecule has 5 nitrogen and oxygen atoms in total. The van der Waals surface area contributed by atoms with Crippen molar-refractivity contribution in [2.75, 3.05) is 12.4 Å². The zero-order valence-electron chi connectivity index (χ0n) is 12.4. The zero-order chi connectivity index (χ0) is 15.2. The van der Waals surface area contributed by atoms with E-state index in [9.17, 15) is 4.79 Å². The highest BCUT2D eigenvalue weighted by atomic mass is 32.1. The minimum absolute atomic E-state index is 0.0115. The Bertz CT molecular complexity index is 591. The topological polar surface area (TPSA) is 64.1 Å². The van der Waals surface area contributed by atoms with E-state index >= 15 is 0 Å². The molecular formula is C15H19N3O2S. The van der Waals surface area contributed by atoms with E-state index < -0.39 is 0 Å². The van der Waals surface area contributed by atoms with Gasteiger partial charge in [0.05, 0.1) is 7.11 Å². The van der Waals surface area contributed by atoms with Crippen LogP contribution in [0.1, 0.15) is 26.7 Å². The highest BCUT2D eigenvalue weighted by molar-refractivity contribution is 7.18. The first-order valence-electron chi connectivity index (χ1n) is 6.96. The molecule has 112 valence electrons. The van der Waals surface area contributed by atoms with Crippen molar-refractivity contribution in [2.45, 2.75) is 26.7 Å². The Morgan fingerprint density at radius 3 is 2.48 bits per heavy atom. The van der Waals surface area contributed by atoms with Gasteiger partial charge in [0.25, 0.3) is 0 Å². The molecule has 1 N–H and O–H groups in total. The van der Waals surface area contributed by atoms with Crippen LogP contribution in [0.4, 0.5) is 5.13 Å². The summed E-state index contributed by atoms with van der Waals surface area (Å²) in [6, 6.07) is 7.59. The van der Waals surface area contributed by atoms with Gasteiger partial charge in [-0.3, -0.25) is 4.79 Å². The molecular weight excluding hydrogens is 286 g/mol. The normalized spacial score (nSPS) is 10.7. The molecule has 0 unspecified atom stereocenters. The van der Waals surface area contributed by atoms with Crippen molar-refractivity contribution >= 4 is 22.4 Å². The lowest BCUT2D eigenvalue weighted by Gasteiger charge is -2.09. The number of methoxy groups -OCH3 is 1. The summed E-state index contributed by atoms with van der Waals surface area (Å²) in [6.45, 7) is 4.02. The van der Waals surface area contributed by atoms with E-state index in [0.717, 1.165) is 29.2 Å². The third-order valence-corrected chi connectivity index (χ3v) is 4.24. The molecule has 0 fully saturated rings. The Morgan fingerprint density at radius 2 is 1.90 bits per heavy atom. The van der Waals surface area contributed by atoms with Gasteiger partial charge >= 0.3 is 0 Å². The minimum atomic E-state index is 0.0115. The fourth-order valence-electron chi connectivity index (χ4n) is 1.99. The molecule has 0 atom stereocenters. The van der Waals surface area contributed by atoms with Crippen molar-refractivity contribution in [3.05, 3.63) is 24.3 Å². The molecule has 0 spiro atoms. The summed E-state index contributed by atoms with van der Waals surface area (Å²) >= 11 is 1.37. The number of amides is 1. The van der Waals surface area contributed by atoms with Gasteiger partial charge in [-0.05, 0) is 37.1 Å². The van der Waals surface area contributed by atoms with Crippen LogP contribution < -0.4 is 10.1 Å². The first kappa shape index (κ1) is 15.4. The molecule has 2 aromatic rings. The van der Waals surface area contributed by atoms with E-state index in [-0.39, 0.29) is 11.8 Å². The molecule has 2 rings (SSSR count). The smallest absolute Gasteiger partial charge is 0.229 e. The van der Waals surface area contributed by atoms with Gasteiger partial charge in [0.1, 0.15) is 10.8 Å². The largest absolute Gasteiger partial charge is 0.497 e. The molecule has 1 aromatic carbocycles. The van der Waals surface area contributed by atoms with Crippen molar-refractivity contribution < 1.29 is 9.53 Å². The molecule has 0 bridgehead atoms. The number of ether oxygens (including phenoxy) is 1. The van der Waals surface area contributed by atoms with Gasteiger partial charge in [0, 0.05) is 11.5 Å². The van der Waals surface area contributed by atoms with Gasteiger partial charge in [-0.25, -0.2) is 0 Å². The summed E-state index contributed by atoms with van der Waals surface area (Å²) in [5, 5.41) is 12.3. The maximum atomic E-state index is 12.0. The molecule has 1 amide bonds. The predicted molar refractivity (Wildman–Crippen MR) is 84.6 cm³/mol. The first-order valence-corrected chi connectivity index (χ1v) is 7.78. The SMILES string of the molecule is CCC(CC)C(=O)Nc1nnc(-c2ccc(OC)cc2)s1. The number of hydrogen-bond donors (Lipinski definition) is 1. The van der Waals surface area contributed by atoms with Gasteiger partial charge < -0.3 is 10.1 Å². The van der Waals surface area contributed by atoms with Crippen LogP contribution in [0.3, 0.4) is 0 Å². The average Bonchev–Trinajstić information content (AvgIpc) is 2.97. The van der Waals surface area contributed by atoms with Crippen LogP contribution in [0, 0.1) is 5.92 Å². The molecule has 0 saturated carbocycles. The van der Waals surface area contributed by atoms with Crippen molar-refractivity contribution in [1.29, 1.82) is 0 Å². The average molecular weight is 305 g/mol. The number of aromatic nitrogens is 2. The predicted octanol–water partition coefficient (Wildman–Crippen LogP) is 3.59. The van der Waals surface area contributed by atoms with Gasteiger partial charge in [-0.1, -0.05) is 25.2 Å². The Hall–Kier alpha value is -1.95. The third kappa shape index (κ3) is 3.78. The number of carbonyl (C=O) groups is 1. The van der Waals surface area contributed by atoms with Gasteiger partial charge in [-0.2, -0.15) is 0 Å². The van der Waals surface area contributed by atoms with E-state index in [2.05, 4.69) is 15.5 Å². The quantitative estimate of drug-likeness (QED) is 0.886. The third-order valence-electron chi connectivity index (χ3n) is 3.35. The van der Waals surface area contributed by atoms with E-state index in [1.54, 1.807) is 7.11 Å². The van der Waals surface area contributed by atoms with Crippen LogP contribution >= 0.6 is 11.3 Å². The second-order valence-corrected chi connectivity index (χ2v) is 5.62. The Kier molecular flexibility index (Phi) is 5.27. The van der Waals surface area contributed by atoms with E-state index in [0.29, 0.717) is 5.13 Å². The maximum Gasteiger partial charge on any atom is 0.229 e. The zero-order valence-corrected chi connectivity index (χ0v) is 13.2. The van der Waals surface area contributed by atoms with Crippen LogP contribution in [0.2, 0.25) is 0 Å². The minimum Gasteiger partial charge on any atom is -0.497 e. The molecule has 0 aliphatic heterocycles. The molecule has 21 heavy (non-hydrogen) atoms. The summed E-state index contributed by atoms with van der Waals surface area (Å²) in [6.07, 6.45) is 1.65. The molecule has 0 saturated heterocycles. The summed E-state index contributed by atoms with van der Waals surface area (Å²) in [5.74, 6) is 0.835. The summed E-state index contributed by atoms with van der Waals surface area (Å²) < 4.78 is 5.12. The van der Waals surface area contributed by atoms with Crippen LogP contribution in [-0.4, -0.2) is 23.2 Å². The molecule has 1 heterocycles. The molecule has 1 aromatic heterocycles. The monoisotopic (exact) mass is 305 g/mol. The van der Waals surface area contributed by atoms with Crippen LogP contribution in [0.15, 0.2) is 24.3 Å². The summed E-state index contributed by atoms with van der Waals surface area (Å²) in [5.41, 5.74) is 0.955. The lowest BCUT2D eigenvalue weighted by atomic mass is 10.0. The van der Waals surface area contributed by atoms with Gasteiger partial charge in [0.2, 0.25) is 11.0 Å². The molecule has 0 radical (unpaired) electrons. The highest BCUT2D eigenvalue weighted by Crippen LogP contribution is 2.28. The van der Waals surface area contributed by atoms with Crippen molar-refractivity contribution in [3.8, 4) is 16.3 Å². The summed E-state index contributed by atoms with van der Waals surface area (Å²) in [7, 11) is 1.63. The lowest BCUT2D eigenvalue weighted by Crippen LogP contribution is -2.21. The van der Waals surface area contributed by atoms with E-state index in [1.165, 1.54) is 11.3 Å². The van der Waals surface area contributed by atoms with Crippen LogP contribution in [-0.2, 0) is 4.79 Å². The molecule has 0 aliphatic rings. The first-order chi connectivity index (χ1) is 10.2. The second-order valence-electron chi connectivity index (χ2n) is 4.64. The molecule has 0 aliphatic carbocycles. The van der Waals surface area contributed by atoms with Crippen molar-refractivity contribution in [2.24, 2.45) is 5.92 Å². The number of carbonyl (C=O) groups excluding carboxylic acids is 1. The Morgan fingerprint density at radius 1 is 1.24 bits per heavy atom. The number of nitrogens with one attached hydrogen (secondary N) is 1. The molecule has 6 heteroatoms. The van der Waals surface area contributed by atoms with Gasteiger partial charge in [0.15, 0.2) is 0 Å². The number of rotatable bonds is 6. The van der Waals surface area contributed by atoms with Crippen molar-refractivity contribution in [1.82, 2.24) is 10.2 Å². The van der Waals surface area contributed by atoms with Crippen LogP contribution in [0.5, 0.6) is 5.75 Å². The number of hydrogen-bond acceptors (Lipinski definition) is 5. The second kappa shape index (κ2) is 7.17. The Labute approximate surface area is 128 Å². The Balaban J connectivity index is 2.08.